The molecule has 0 fully saturated rings. The van der Waals surface area contributed by atoms with Gasteiger partial charge >= 0.3 is 6.03 Å². The topological polar surface area (TPSA) is 118 Å². The third kappa shape index (κ3) is 4.08. The summed E-state index contributed by atoms with van der Waals surface area (Å²) in [6.07, 6.45) is 11.0. The van der Waals surface area contributed by atoms with Crippen LogP contribution in [0.15, 0.2) is 35.2 Å². The maximum absolute atomic E-state index is 13.1. The maximum Gasteiger partial charge on any atom is 0.333 e. The fraction of sp³-hybridized carbons (Fsp3) is 0.333. The Kier molecular flexibility index (Phi) is 5.94. The van der Waals surface area contributed by atoms with Gasteiger partial charge in [0.15, 0.2) is 0 Å². The first kappa shape index (κ1) is 21.9. The van der Waals surface area contributed by atoms with Gasteiger partial charge in [0.05, 0.1) is 10.8 Å². The highest BCUT2D eigenvalue weighted by Gasteiger charge is 2.29. The molecule has 3 amide bonds. The van der Waals surface area contributed by atoms with Crippen molar-refractivity contribution in [3.05, 3.63) is 58.1 Å². The Morgan fingerprint density at radius 1 is 1.06 bits per heavy atom. The Balaban J connectivity index is 1.62. The van der Waals surface area contributed by atoms with Gasteiger partial charge < -0.3 is 11.1 Å². The quantitative estimate of drug-likeness (QED) is 0.585. The number of aryl methyl sites for hydroxylation is 2. The summed E-state index contributed by atoms with van der Waals surface area (Å²) >= 11 is 0. The first-order valence-corrected chi connectivity index (χ1v) is 12.1. The van der Waals surface area contributed by atoms with E-state index in [1.807, 2.05) is 0 Å². The molecule has 2 aromatic carbocycles. The monoisotopic (exact) mass is 451 g/mol. The minimum Gasteiger partial charge on any atom is -0.369 e. The molecule has 1 atom stereocenters. The average Bonchev–Trinajstić information content (AvgIpc) is 3.40. The molecule has 0 aliphatic heterocycles. The molecular weight excluding hydrogens is 426 g/mol. The van der Waals surface area contributed by atoms with E-state index in [0.29, 0.717) is 0 Å². The molecule has 7 nitrogen and oxygen atoms in total. The highest BCUT2D eigenvalue weighted by atomic mass is 32.2. The van der Waals surface area contributed by atoms with E-state index >= 15 is 0 Å². The lowest BCUT2D eigenvalue weighted by molar-refractivity contribution is -0.119. The molecule has 2 aliphatic carbocycles. The molecular formula is C24H25N3O4S. The van der Waals surface area contributed by atoms with Gasteiger partial charge in [-0.15, -0.1) is 12.3 Å². The third-order valence-corrected chi connectivity index (χ3v) is 7.59. The van der Waals surface area contributed by atoms with E-state index in [2.05, 4.69) is 22.0 Å². The molecule has 0 spiro atoms. The Labute approximate surface area is 187 Å². The summed E-state index contributed by atoms with van der Waals surface area (Å²) in [5.41, 5.74) is 11.0. The summed E-state index contributed by atoms with van der Waals surface area (Å²) in [4.78, 5) is 24.5. The highest BCUT2D eigenvalue weighted by molar-refractivity contribution is 7.90. The van der Waals surface area contributed by atoms with E-state index in [9.17, 15) is 18.0 Å². The summed E-state index contributed by atoms with van der Waals surface area (Å²) in [5, 5.41) is 2.81. The number of benzene rings is 2. The lowest BCUT2D eigenvalue weighted by Crippen LogP contribution is -2.36. The number of urea groups is 1. The summed E-state index contributed by atoms with van der Waals surface area (Å²) in [6, 6.07) is 7.32. The van der Waals surface area contributed by atoms with Crippen LogP contribution in [-0.2, 0) is 40.5 Å². The number of hydrogen-bond acceptors (Lipinski definition) is 4. The Morgan fingerprint density at radius 2 is 1.69 bits per heavy atom. The van der Waals surface area contributed by atoms with Crippen molar-refractivity contribution in [3.63, 3.8) is 0 Å². The fourth-order valence-corrected chi connectivity index (χ4v) is 5.96. The number of anilines is 1. The second-order valence-electron chi connectivity index (χ2n) is 8.19. The summed E-state index contributed by atoms with van der Waals surface area (Å²) < 4.78 is 28.3. The van der Waals surface area contributed by atoms with E-state index in [1.165, 1.54) is 29.3 Å². The van der Waals surface area contributed by atoms with Gasteiger partial charge in [0, 0.05) is 12.1 Å². The molecule has 2 aliphatic rings. The number of fused-ring (bicyclic) bond motifs is 2. The van der Waals surface area contributed by atoms with Crippen LogP contribution in [0.5, 0.6) is 0 Å². The minimum atomic E-state index is -4.27. The van der Waals surface area contributed by atoms with Gasteiger partial charge in [-0.1, -0.05) is 24.3 Å². The Morgan fingerprint density at radius 3 is 2.28 bits per heavy atom. The number of nitrogens with two attached hydrogens (primary N) is 1. The SMILES string of the molecule is C#CCC(C(N)=O)c1ccccc1S(=O)(=O)NC(=O)Nc1c2c(cc3c1CCC3)CCC2. The van der Waals surface area contributed by atoms with Crippen molar-refractivity contribution in [1.29, 1.82) is 0 Å². The number of hydrogen-bond donors (Lipinski definition) is 3. The number of amides is 3. The molecule has 1 unspecified atom stereocenters. The predicted molar refractivity (Wildman–Crippen MR) is 122 cm³/mol. The van der Waals surface area contributed by atoms with Crippen LogP contribution in [0.25, 0.3) is 0 Å². The van der Waals surface area contributed by atoms with Crippen molar-refractivity contribution >= 4 is 27.6 Å². The number of carbonyl (C=O) groups excluding carboxylic acids is 2. The third-order valence-electron chi connectivity index (χ3n) is 6.19. The van der Waals surface area contributed by atoms with Gasteiger partial charge in [-0.05, 0) is 72.4 Å². The number of rotatable bonds is 6. The van der Waals surface area contributed by atoms with Gasteiger partial charge in [-0.3, -0.25) is 4.79 Å². The lowest BCUT2D eigenvalue weighted by Gasteiger charge is -2.18. The standard InChI is InChI=1S/C24H25N3O4S/c1-2-7-20(23(25)28)19-10-3-4-13-21(19)32(30,31)27-24(29)26-22-17-11-5-8-15(17)14-16-9-6-12-18(16)22/h1,3-4,10,13-14,20H,5-9,11-12H2,(H2,25,28)(H2,26,27,29). The molecule has 0 saturated heterocycles. The predicted octanol–water partition coefficient (Wildman–Crippen LogP) is 2.77. The Bertz CT molecular complexity index is 1210. The molecule has 4 rings (SSSR count). The van der Waals surface area contributed by atoms with Crippen LogP contribution < -0.4 is 15.8 Å². The zero-order valence-electron chi connectivity index (χ0n) is 17.6. The van der Waals surface area contributed by atoms with Crippen molar-refractivity contribution in [2.45, 2.75) is 55.8 Å². The van der Waals surface area contributed by atoms with Crippen LogP contribution in [0, 0.1) is 12.3 Å². The van der Waals surface area contributed by atoms with Crippen molar-refractivity contribution in [1.82, 2.24) is 4.72 Å². The normalized spacial score (nSPS) is 15.3. The first-order chi connectivity index (χ1) is 15.3. The van der Waals surface area contributed by atoms with Gasteiger partial charge in [-0.2, -0.15) is 0 Å². The summed E-state index contributed by atoms with van der Waals surface area (Å²) in [5.74, 6) is 0.646. The fourth-order valence-electron chi connectivity index (χ4n) is 4.78. The summed E-state index contributed by atoms with van der Waals surface area (Å²) in [6.45, 7) is 0. The van der Waals surface area contributed by atoms with E-state index in [4.69, 9.17) is 12.2 Å². The van der Waals surface area contributed by atoms with Crippen molar-refractivity contribution in [2.24, 2.45) is 5.73 Å². The van der Waals surface area contributed by atoms with Crippen LogP contribution in [0.1, 0.15) is 53.0 Å². The molecule has 4 N–H and O–H groups in total. The molecule has 0 bridgehead atoms. The molecule has 0 radical (unpaired) electrons. The van der Waals surface area contributed by atoms with Crippen LogP contribution in [0.4, 0.5) is 10.5 Å². The van der Waals surface area contributed by atoms with Gasteiger partial charge in [-0.25, -0.2) is 17.9 Å². The van der Waals surface area contributed by atoms with Crippen LogP contribution in [0.2, 0.25) is 0 Å². The zero-order chi connectivity index (χ0) is 22.9. The van der Waals surface area contributed by atoms with Crippen molar-refractivity contribution in [2.75, 3.05) is 5.32 Å². The molecule has 2 aromatic rings. The van der Waals surface area contributed by atoms with Crippen LogP contribution >= 0.6 is 0 Å². The van der Waals surface area contributed by atoms with Crippen LogP contribution in [-0.4, -0.2) is 20.4 Å². The first-order valence-electron chi connectivity index (χ1n) is 10.6. The van der Waals surface area contributed by atoms with Gasteiger partial charge in [0.25, 0.3) is 10.0 Å². The molecule has 0 saturated carbocycles. The summed E-state index contributed by atoms with van der Waals surface area (Å²) in [7, 11) is -4.27. The zero-order valence-corrected chi connectivity index (χ0v) is 18.4. The number of carbonyl (C=O) groups is 2. The molecule has 8 heteroatoms. The second-order valence-corrected chi connectivity index (χ2v) is 9.85. The molecule has 32 heavy (non-hydrogen) atoms. The highest BCUT2D eigenvalue weighted by Crippen LogP contribution is 2.38. The average molecular weight is 452 g/mol. The second kappa shape index (κ2) is 8.67. The number of terminal acetylenes is 1. The van der Waals surface area contributed by atoms with Crippen molar-refractivity contribution < 1.29 is 18.0 Å². The van der Waals surface area contributed by atoms with Gasteiger partial charge in [0.1, 0.15) is 0 Å². The Hall–Kier alpha value is -3.31. The van der Waals surface area contributed by atoms with E-state index in [-0.39, 0.29) is 16.9 Å². The van der Waals surface area contributed by atoms with E-state index in [0.717, 1.165) is 55.3 Å². The molecule has 0 heterocycles. The maximum atomic E-state index is 13.1. The van der Waals surface area contributed by atoms with Crippen LogP contribution in [0.3, 0.4) is 0 Å². The minimum absolute atomic E-state index is 0.0453. The number of primary amides is 1. The van der Waals surface area contributed by atoms with Crippen molar-refractivity contribution in [3.8, 4) is 12.3 Å². The lowest BCUT2D eigenvalue weighted by atomic mass is 9.95. The smallest absolute Gasteiger partial charge is 0.333 e. The van der Waals surface area contributed by atoms with E-state index < -0.39 is 27.9 Å². The van der Waals surface area contributed by atoms with Gasteiger partial charge in [0.2, 0.25) is 5.91 Å². The van der Waals surface area contributed by atoms with E-state index in [1.54, 1.807) is 6.07 Å². The largest absolute Gasteiger partial charge is 0.369 e. The molecule has 166 valence electrons. The number of nitrogens with one attached hydrogen (secondary N) is 2. The molecule has 0 aromatic heterocycles. The number of sulfonamides is 1.